The molecule has 0 radical (unpaired) electrons. The fourth-order valence-electron chi connectivity index (χ4n) is 2.04. The van der Waals surface area contributed by atoms with Crippen LogP contribution in [0, 0.1) is 0 Å². The van der Waals surface area contributed by atoms with Crippen LogP contribution in [0.4, 0.5) is 13.2 Å². The first kappa shape index (κ1) is 14.2. The summed E-state index contributed by atoms with van der Waals surface area (Å²) in [6.07, 6.45) is -4.31. The van der Waals surface area contributed by atoms with Crippen molar-refractivity contribution in [3.05, 3.63) is 0 Å². The zero-order chi connectivity index (χ0) is 14.0. The summed E-state index contributed by atoms with van der Waals surface area (Å²) in [5.41, 5.74) is 0. The molecule has 5 nitrogen and oxygen atoms in total. The fraction of sp³-hybridized carbons (Fsp3) is 0.700. The highest BCUT2D eigenvalue weighted by molar-refractivity contribution is 8.14. The molecule has 2 aliphatic heterocycles. The molecule has 0 aromatic rings. The van der Waals surface area contributed by atoms with Crippen molar-refractivity contribution >= 4 is 28.7 Å². The second-order valence-corrected chi connectivity index (χ2v) is 5.26. The Kier molecular flexibility index (Phi) is 4.02. The number of hydrogen-bond acceptors (Lipinski definition) is 4. The SMILES string of the molecule is O=C(NC1=NCCS1)C1CCCN1C(=O)C(F)(F)F. The Morgan fingerprint density at radius 1 is 1.42 bits per heavy atom. The molecule has 1 saturated heterocycles. The van der Waals surface area contributed by atoms with Crippen molar-refractivity contribution in [3.63, 3.8) is 0 Å². The zero-order valence-corrected chi connectivity index (χ0v) is 10.7. The summed E-state index contributed by atoms with van der Waals surface area (Å²) >= 11 is 1.34. The summed E-state index contributed by atoms with van der Waals surface area (Å²) in [7, 11) is 0. The normalized spacial score (nSPS) is 23.4. The Bertz CT molecular complexity index is 425. The van der Waals surface area contributed by atoms with E-state index in [1.165, 1.54) is 11.8 Å². The molecule has 2 heterocycles. The molecule has 2 rings (SSSR count). The summed E-state index contributed by atoms with van der Waals surface area (Å²) in [4.78, 5) is 27.7. The number of halogens is 3. The number of aliphatic imine (C=N–C) groups is 1. The lowest BCUT2D eigenvalue weighted by Gasteiger charge is -2.24. The van der Waals surface area contributed by atoms with Gasteiger partial charge in [-0.25, -0.2) is 0 Å². The van der Waals surface area contributed by atoms with Gasteiger partial charge in [0.15, 0.2) is 5.17 Å². The quantitative estimate of drug-likeness (QED) is 0.777. The van der Waals surface area contributed by atoms with Gasteiger partial charge in [0.2, 0.25) is 5.91 Å². The fourth-order valence-corrected chi connectivity index (χ4v) is 2.78. The average molecular weight is 295 g/mol. The van der Waals surface area contributed by atoms with E-state index in [2.05, 4.69) is 10.3 Å². The number of likely N-dealkylation sites (tertiary alicyclic amines) is 1. The zero-order valence-electron chi connectivity index (χ0n) is 9.87. The molecule has 0 aliphatic carbocycles. The molecule has 0 aromatic heterocycles. The highest BCUT2D eigenvalue weighted by atomic mass is 32.2. The summed E-state index contributed by atoms with van der Waals surface area (Å²) in [6.45, 7) is 0.534. The van der Waals surface area contributed by atoms with Crippen LogP contribution >= 0.6 is 11.8 Å². The number of carbonyl (C=O) groups is 2. The van der Waals surface area contributed by atoms with Crippen molar-refractivity contribution in [2.75, 3.05) is 18.8 Å². The van der Waals surface area contributed by atoms with E-state index in [0.29, 0.717) is 23.0 Å². The summed E-state index contributed by atoms with van der Waals surface area (Å²) in [5, 5.41) is 2.88. The highest BCUT2D eigenvalue weighted by Gasteiger charge is 2.47. The van der Waals surface area contributed by atoms with Gasteiger partial charge in [-0.05, 0) is 12.8 Å². The average Bonchev–Trinajstić information content (AvgIpc) is 2.96. The number of nitrogens with one attached hydrogen (secondary N) is 1. The third-order valence-corrected chi connectivity index (χ3v) is 3.77. The summed E-state index contributed by atoms with van der Waals surface area (Å²) in [5.74, 6) is -1.81. The molecule has 0 bridgehead atoms. The third kappa shape index (κ3) is 3.20. The van der Waals surface area contributed by atoms with Gasteiger partial charge >= 0.3 is 12.1 Å². The number of alkyl halides is 3. The number of thioether (sulfide) groups is 1. The largest absolute Gasteiger partial charge is 0.471 e. The van der Waals surface area contributed by atoms with E-state index in [-0.39, 0.29) is 13.0 Å². The van der Waals surface area contributed by atoms with Crippen LogP contribution in [0.3, 0.4) is 0 Å². The van der Waals surface area contributed by atoms with E-state index in [4.69, 9.17) is 0 Å². The van der Waals surface area contributed by atoms with Gasteiger partial charge in [0.25, 0.3) is 0 Å². The van der Waals surface area contributed by atoms with Crippen molar-refractivity contribution in [1.29, 1.82) is 0 Å². The van der Waals surface area contributed by atoms with E-state index < -0.39 is 24.0 Å². The Balaban J connectivity index is 2.02. The highest BCUT2D eigenvalue weighted by Crippen LogP contribution is 2.26. The molecule has 1 N–H and O–H groups in total. The lowest BCUT2D eigenvalue weighted by molar-refractivity contribution is -0.186. The number of amides is 2. The smallest absolute Gasteiger partial charge is 0.323 e. The van der Waals surface area contributed by atoms with E-state index in [1.807, 2.05) is 0 Å². The predicted octanol–water partition coefficient (Wildman–Crippen LogP) is 0.759. The van der Waals surface area contributed by atoms with E-state index in [9.17, 15) is 22.8 Å². The molecule has 1 fully saturated rings. The van der Waals surface area contributed by atoms with E-state index in [0.717, 1.165) is 5.75 Å². The number of amidine groups is 1. The number of carbonyl (C=O) groups excluding carboxylic acids is 2. The number of nitrogens with zero attached hydrogens (tertiary/aromatic N) is 2. The van der Waals surface area contributed by atoms with Crippen LogP contribution in [0.25, 0.3) is 0 Å². The predicted molar refractivity (Wildman–Crippen MR) is 63.7 cm³/mol. The number of hydrogen-bond donors (Lipinski definition) is 1. The monoisotopic (exact) mass is 295 g/mol. The van der Waals surface area contributed by atoms with Crippen molar-refractivity contribution in [3.8, 4) is 0 Å². The molecule has 2 aliphatic rings. The Morgan fingerprint density at radius 3 is 2.74 bits per heavy atom. The second-order valence-electron chi connectivity index (χ2n) is 4.18. The Labute approximate surface area is 111 Å². The Morgan fingerprint density at radius 2 is 2.16 bits per heavy atom. The second kappa shape index (κ2) is 5.40. The van der Waals surface area contributed by atoms with Gasteiger partial charge < -0.3 is 10.2 Å². The molecule has 1 atom stereocenters. The molecular weight excluding hydrogens is 283 g/mol. The first-order valence-corrected chi connectivity index (χ1v) is 6.74. The minimum atomic E-state index is -4.94. The van der Waals surface area contributed by atoms with Crippen LogP contribution in [0.5, 0.6) is 0 Å². The molecular formula is C10H12F3N3O2S. The van der Waals surface area contributed by atoms with Crippen LogP contribution in [-0.4, -0.2) is 52.9 Å². The van der Waals surface area contributed by atoms with Gasteiger partial charge in [0, 0.05) is 12.3 Å². The maximum Gasteiger partial charge on any atom is 0.471 e. The van der Waals surface area contributed by atoms with Gasteiger partial charge in [0.05, 0.1) is 6.54 Å². The molecule has 0 aromatic carbocycles. The van der Waals surface area contributed by atoms with Gasteiger partial charge in [-0.2, -0.15) is 13.2 Å². The van der Waals surface area contributed by atoms with Crippen LogP contribution in [0.15, 0.2) is 4.99 Å². The van der Waals surface area contributed by atoms with Crippen molar-refractivity contribution < 1.29 is 22.8 Å². The van der Waals surface area contributed by atoms with Crippen LogP contribution in [0.1, 0.15) is 12.8 Å². The molecule has 2 amide bonds. The minimum Gasteiger partial charge on any atom is -0.323 e. The maximum atomic E-state index is 12.4. The lowest BCUT2D eigenvalue weighted by Crippen LogP contribution is -2.50. The lowest BCUT2D eigenvalue weighted by atomic mass is 10.2. The molecule has 0 saturated carbocycles. The first-order chi connectivity index (χ1) is 8.89. The Hall–Kier alpha value is -1.25. The number of rotatable bonds is 1. The maximum absolute atomic E-state index is 12.4. The topological polar surface area (TPSA) is 61.8 Å². The van der Waals surface area contributed by atoms with Gasteiger partial charge in [-0.3, -0.25) is 14.6 Å². The van der Waals surface area contributed by atoms with E-state index >= 15 is 0 Å². The molecule has 0 spiro atoms. The van der Waals surface area contributed by atoms with Crippen molar-refractivity contribution in [2.24, 2.45) is 4.99 Å². The summed E-state index contributed by atoms with van der Waals surface area (Å²) < 4.78 is 37.2. The van der Waals surface area contributed by atoms with E-state index in [1.54, 1.807) is 0 Å². The third-order valence-electron chi connectivity index (χ3n) is 2.87. The molecule has 106 valence electrons. The summed E-state index contributed by atoms with van der Waals surface area (Å²) in [6, 6.07) is -1.06. The van der Waals surface area contributed by atoms with Crippen LogP contribution < -0.4 is 5.32 Å². The van der Waals surface area contributed by atoms with Crippen LogP contribution in [0.2, 0.25) is 0 Å². The van der Waals surface area contributed by atoms with Crippen molar-refractivity contribution in [2.45, 2.75) is 25.1 Å². The van der Waals surface area contributed by atoms with Gasteiger partial charge in [0.1, 0.15) is 6.04 Å². The van der Waals surface area contributed by atoms with Gasteiger partial charge in [-0.1, -0.05) is 11.8 Å². The van der Waals surface area contributed by atoms with Crippen LogP contribution in [-0.2, 0) is 9.59 Å². The van der Waals surface area contributed by atoms with Gasteiger partial charge in [-0.15, -0.1) is 0 Å². The molecule has 19 heavy (non-hydrogen) atoms. The molecule has 1 unspecified atom stereocenters. The van der Waals surface area contributed by atoms with Crippen molar-refractivity contribution in [1.82, 2.24) is 10.2 Å². The minimum absolute atomic E-state index is 0.0456. The standard InChI is InChI=1S/C10H12F3N3O2S/c11-10(12,13)8(18)16-4-1-2-6(16)7(17)15-9-14-3-5-19-9/h6H,1-5H2,(H,14,15,17). The molecule has 9 heteroatoms. The first-order valence-electron chi connectivity index (χ1n) is 5.75.